The highest BCUT2D eigenvalue weighted by molar-refractivity contribution is 7.20. The third-order valence-electron chi connectivity index (χ3n) is 5.24. The lowest BCUT2D eigenvalue weighted by Gasteiger charge is -2.33. The molecule has 4 aromatic rings. The van der Waals surface area contributed by atoms with Gasteiger partial charge < -0.3 is 10.5 Å². The molecule has 1 fully saturated rings. The van der Waals surface area contributed by atoms with Gasteiger partial charge in [-0.15, -0.1) is 11.3 Å². The standard InChI is InChI=1S/C22H20N4O2S/c23-21(27)20-19(16-5-3-9-24-22(16)29-20)18-13-26(10-11-28-18)12-15-8-7-14-4-1-2-6-17(14)25-15/h1-9,18H,10-13H2,(H2,23,27)/t18-/m0/s1. The molecule has 146 valence electrons. The normalized spacial score (nSPS) is 17.7. The number of nitrogens with two attached hydrogens (primary N) is 1. The number of morpholine rings is 1. The number of amides is 1. The molecule has 5 rings (SSSR count). The van der Waals surface area contributed by atoms with E-state index in [1.165, 1.54) is 11.3 Å². The molecule has 3 aromatic heterocycles. The van der Waals surface area contributed by atoms with Crippen LogP contribution in [0.15, 0.2) is 54.7 Å². The maximum atomic E-state index is 12.1. The Morgan fingerprint density at radius 2 is 2.10 bits per heavy atom. The SMILES string of the molecule is NC(=O)c1sc2ncccc2c1[C@@H]1CN(Cc2ccc3ccccc3n2)CCO1. The molecular weight excluding hydrogens is 384 g/mol. The first kappa shape index (κ1) is 18.2. The van der Waals surface area contributed by atoms with Gasteiger partial charge in [0.05, 0.1) is 23.9 Å². The van der Waals surface area contributed by atoms with Gasteiger partial charge in [-0.2, -0.15) is 0 Å². The lowest BCUT2D eigenvalue weighted by molar-refractivity contribution is -0.0326. The minimum atomic E-state index is -0.431. The number of hydrogen-bond donors (Lipinski definition) is 1. The van der Waals surface area contributed by atoms with Crippen LogP contribution in [-0.4, -0.2) is 40.5 Å². The van der Waals surface area contributed by atoms with Crippen molar-refractivity contribution in [1.29, 1.82) is 0 Å². The van der Waals surface area contributed by atoms with Crippen molar-refractivity contribution in [2.45, 2.75) is 12.6 Å². The first-order valence-electron chi connectivity index (χ1n) is 9.55. The van der Waals surface area contributed by atoms with E-state index in [0.717, 1.165) is 45.5 Å². The van der Waals surface area contributed by atoms with Crippen LogP contribution in [0.25, 0.3) is 21.1 Å². The van der Waals surface area contributed by atoms with Crippen LogP contribution in [0.2, 0.25) is 0 Å². The summed E-state index contributed by atoms with van der Waals surface area (Å²) < 4.78 is 6.07. The summed E-state index contributed by atoms with van der Waals surface area (Å²) in [6, 6.07) is 16.2. The molecule has 4 heterocycles. The monoisotopic (exact) mass is 404 g/mol. The van der Waals surface area contributed by atoms with Crippen molar-refractivity contribution in [1.82, 2.24) is 14.9 Å². The van der Waals surface area contributed by atoms with Gasteiger partial charge in [0.15, 0.2) is 0 Å². The second-order valence-corrected chi connectivity index (χ2v) is 8.15. The third-order valence-corrected chi connectivity index (χ3v) is 6.39. The number of carbonyl (C=O) groups excluding carboxylic acids is 1. The first-order valence-corrected chi connectivity index (χ1v) is 10.4. The maximum Gasteiger partial charge on any atom is 0.259 e. The number of nitrogens with zero attached hydrogens (tertiary/aromatic N) is 3. The fourth-order valence-corrected chi connectivity index (χ4v) is 4.95. The highest BCUT2D eigenvalue weighted by atomic mass is 32.1. The molecule has 0 unspecified atom stereocenters. The summed E-state index contributed by atoms with van der Waals surface area (Å²) in [4.78, 5) is 24.9. The van der Waals surface area contributed by atoms with Gasteiger partial charge in [-0.3, -0.25) is 14.7 Å². The molecule has 1 atom stereocenters. The third kappa shape index (κ3) is 3.48. The van der Waals surface area contributed by atoms with Crippen LogP contribution in [0.1, 0.15) is 27.0 Å². The van der Waals surface area contributed by atoms with Crippen molar-refractivity contribution in [3.63, 3.8) is 0 Å². The molecule has 1 amide bonds. The summed E-state index contributed by atoms with van der Waals surface area (Å²) in [6.45, 7) is 2.82. The quantitative estimate of drug-likeness (QED) is 0.563. The van der Waals surface area contributed by atoms with Crippen LogP contribution >= 0.6 is 11.3 Å². The fraction of sp³-hybridized carbons (Fsp3) is 0.227. The van der Waals surface area contributed by atoms with Gasteiger partial charge in [-0.25, -0.2) is 4.98 Å². The van der Waals surface area contributed by atoms with E-state index >= 15 is 0 Å². The van der Waals surface area contributed by atoms with Crippen LogP contribution in [0, 0.1) is 0 Å². The molecule has 1 aromatic carbocycles. The minimum absolute atomic E-state index is 0.218. The second-order valence-electron chi connectivity index (χ2n) is 7.16. The number of carbonyl (C=O) groups is 1. The Balaban J connectivity index is 1.43. The summed E-state index contributed by atoms with van der Waals surface area (Å²) >= 11 is 1.34. The van der Waals surface area contributed by atoms with E-state index in [1.807, 2.05) is 30.3 Å². The molecular formula is C22H20N4O2S. The van der Waals surface area contributed by atoms with Gasteiger partial charge in [0.25, 0.3) is 5.91 Å². The average Bonchev–Trinajstić information content (AvgIpc) is 3.14. The molecule has 0 radical (unpaired) electrons. The summed E-state index contributed by atoms with van der Waals surface area (Å²) in [7, 11) is 0. The largest absolute Gasteiger partial charge is 0.371 e. The minimum Gasteiger partial charge on any atom is -0.371 e. The molecule has 6 nitrogen and oxygen atoms in total. The second kappa shape index (κ2) is 7.51. The number of para-hydroxylation sites is 1. The van der Waals surface area contributed by atoms with Crippen molar-refractivity contribution >= 4 is 38.4 Å². The number of aromatic nitrogens is 2. The number of thiophene rings is 1. The first-order chi connectivity index (χ1) is 14.2. The summed E-state index contributed by atoms with van der Waals surface area (Å²) in [6.07, 6.45) is 1.51. The van der Waals surface area contributed by atoms with Crippen LogP contribution in [0.3, 0.4) is 0 Å². The lowest BCUT2D eigenvalue weighted by Crippen LogP contribution is -2.38. The number of primary amides is 1. The van der Waals surface area contributed by atoms with Crippen LogP contribution < -0.4 is 5.73 Å². The van der Waals surface area contributed by atoms with Crippen molar-refractivity contribution in [2.75, 3.05) is 19.7 Å². The Hall–Kier alpha value is -2.87. The highest BCUT2D eigenvalue weighted by Gasteiger charge is 2.29. The zero-order chi connectivity index (χ0) is 19.8. The van der Waals surface area contributed by atoms with Crippen LogP contribution in [0.4, 0.5) is 0 Å². The van der Waals surface area contributed by atoms with Crippen molar-refractivity contribution in [3.05, 3.63) is 70.9 Å². The van der Waals surface area contributed by atoms with Crippen molar-refractivity contribution in [3.8, 4) is 0 Å². The Bertz CT molecular complexity index is 1210. The number of hydrogen-bond acceptors (Lipinski definition) is 6. The molecule has 0 bridgehead atoms. The molecule has 0 aliphatic carbocycles. The van der Waals surface area contributed by atoms with Crippen LogP contribution in [-0.2, 0) is 11.3 Å². The van der Waals surface area contributed by atoms with Gasteiger partial charge in [0.1, 0.15) is 9.71 Å². The molecule has 0 spiro atoms. The summed E-state index contributed by atoms with van der Waals surface area (Å²) in [5.41, 5.74) is 8.55. The van der Waals surface area contributed by atoms with E-state index in [0.29, 0.717) is 18.0 Å². The summed E-state index contributed by atoms with van der Waals surface area (Å²) in [5, 5.41) is 2.08. The number of pyridine rings is 2. The smallest absolute Gasteiger partial charge is 0.259 e. The molecule has 1 aliphatic rings. The maximum absolute atomic E-state index is 12.1. The molecule has 2 N–H and O–H groups in total. The fourth-order valence-electron chi connectivity index (χ4n) is 3.90. The van der Waals surface area contributed by atoms with E-state index in [9.17, 15) is 4.79 Å². The number of fused-ring (bicyclic) bond motifs is 2. The topological polar surface area (TPSA) is 81.3 Å². The molecule has 1 aliphatic heterocycles. The molecule has 29 heavy (non-hydrogen) atoms. The number of benzene rings is 1. The molecule has 1 saturated heterocycles. The van der Waals surface area contributed by atoms with Crippen molar-refractivity contribution < 1.29 is 9.53 Å². The Morgan fingerprint density at radius 1 is 1.21 bits per heavy atom. The van der Waals surface area contributed by atoms with E-state index in [4.69, 9.17) is 15.5 Å². The average molecular weight is 404 g/mol. The van der Waals surface area contributed by atoms with Gasteiger partial charge >= 0.3 is 0 Å². The summed E-state index contributed by atoms with van der Waals surface area (Å²) in [5.74, 6) is -0.431. The number of rotatable bonds is 4. The van der Waals surface area contributed by atoms with E-state index in [2.05, 4.69) is 28.1 Å². The van der Waals surface area contributed by atoms with Crippen LogP contribution in [0.5, 0.6) is 0 Å². The van der Waals surface area contributed by atoms with E-state index in [-0.39, 0.29) is 6.10 Å². The zero-order valence-electron chi connectivity index (χ0n) is 15.7. The van der Waals surface area contributed by atoms with Crippen molar-refractivity contribution in [2.24, 2.45) is 5.73 Å². The molecule has 0 saturated carbocycles. The van der Waals surface area contributed by atoms with Gasteiger partial charge in [0.2, 0.25) is 0 Å². The lowest BCUT2D eigenvalue weighted by atomic mass is 10.0. The Kier molecular flexibility index (Phi) is 4.71. The Labute approximate surface area is 171 Å². The van der Waals surface area contributed by atoms with Gasteiger partial charge in [0, 0.05) is 42.2 Å². The van der Waals surface area contributed by atoms with E-state index in [1.54, 1.807) is 6.20 Å². The highest BCUT2D eigenvalue weighted by Crippen LogP contribution is 2.37. The van der Waals surface area contributed by atoms with Gasteiger partial charge in [-0.1, -0.05) is 30.3 Å². The predicted octanol–water partition coefficient (Wildman–Crippen LogP) is 3.52. The number of ether oxygens (including phenoxy) is 1. The predicted molar refractivity (Wildman–Crippen MR) is 114 cm³/mol. The zero-order valence-corrected chi connectivity index (χ0v) is 16.6. The van der Waals surface area contributed by atoms with E-state index < -0.39 is 5.91 Å². The Morgan fingerprint density at radius 3 is 3.00 bits per heavy atom. The molecule has 7 heteroatoms. The van der Waals surface area contributed by atoms with Gasteiger partial charge in [-0.05, 0) is 18.2 Å².